The van der Waals surface area contributed by atoms with E-state index in [2.05, 4.69) is 15.0 Å². The number of aromatic nitrogens is 2. The van der Waals surface area contributed by atoms with Crippen molar-refractivity contribution < 1.29 is 13.5 Å². The second-order valence-corrected chi connectivity index (χ2v) is 4.37. The first-order valence-electron chi connectivity index (χ1n) is 6.36. The van der Waals surface area contributed by atoms with Crippen LogP contribution in [0.5, 0.6) is 5.75 Å². The standard InChI is InChI=1S/C14H17F2N3O/c1-19-9-8-18-13(19)6-7-17-10-11-4-2-3-5-12(11)20-14(15)16/h2-5,8-9,14,17H,6-7,10H2,1H3. The Kier molecular flexibility index (Phi) is 5.06. The van der Waals surface area contributed by atoms with Gasteiger partial charge in [0.1, 0.15) is 11.6 Å². The summed E-state index contributed by atoms with van der Waals surface area (Å²) in [5, 5.41) is 3.20. The topological polar surface area (TPSA) is 39.1 Å². The summed E-state index contributed by atoms with van der Waals surface area (Å²) in [6.45, 7) is -1.61. The van der Waals surface area contributed by atoms with E-state index in [4.69, 9.17) is 0 Å². The molecule has 0 amide bonds. The number of benzene rings is 1. The molecule has 0 spiro atoms. The second-order valence-electron chi connectivity index (χ2n) is 4.37. The molecule has 2 aromatic rings. The number of hydrogen-bond donors (Lipinski definition) is 1. The first-order valence-corrected chi connectivity index (χ1v) is 6.36. The average Bonchev–Trinajstić information content (AvgIpc) is 2.81. The molecule has 1 N–H and O–H groups in total. The SMILES string of the molecule is Cn1ccnc1CCNCc1ccccc1OC(F)F. The summed E-state index contributed by atoms with van der Waals surface area (Å²) >= 11 is 0. The van der Waals surface area contributed by atoms with Crippen LogP contribution < -0.4 is 10.1 Å². The van der Waals surface area contributed by atoms with Crippen molar-refractivity contribution in [1.29, 1.82) is 0 Å². The molecule has 0 radical (unpaired) electrons. The van der Waals surface area contributed by atoms with Crippen LogP contribution >= 0.6 is 0 Å². The maximum atomic E-state index is 12.3. The van der Waals surface area contributed by atoms with E-state index < -0.39 is 6.61 Å². The molecule has 0 aliphatic carbocycles. The van der Waals surface area contributed by atoms with Gasteiger partial charge in [0.25, 0.3) is 0 Å². The van der Waals surface area contributed by atoms with Gasteiger partial charge in [-0.25, -0.2) is 4.98 Å². The Hall–Kier alpha value is -1.95. The smallest absolute Gasteiger partial charge is 0.387 e. The van der Waals surface area contributed by atoms with Crippen LogP contribution in [0.4, 0.5) is 8.78 Å². The minimum absolute atomic E-state index is 0.215. The highest BCUT2D eigenvalue weighted by Gasteiger charge is 2.08. The minimum Gasteiger partial charge on any atom is -0.434 e. The van der Waals surface area contributed by atoms with E-state index in [0.29, 0.717) is 18.7 Å². The van der Waals surface area contributed by atoms with Crippen LogP contribution in [-0.2, 0) is 20.0 Å². The molecule has 1 heterocycles. The molecule has 108 valence electrons. The molecule has 1 aromatic carbocycles. The van der Waals surface area contributed by atoms with Gasteiger partial charge in [0.05, 0.1) is 0 Å². The molecule has 0 fully saturated rings. The third-order valence-electron chi connectivity index (χ3n) is 2.95. The van der Waals surface area contributed by atoms with Gasteiger partial charge in [0.15, 0.2) is 0 Å². The fourth-order valence-electron chi connectivity index (χ4n) is 1.92. The molecule has 20 heavy (non-hydrogen) atoms. The molecule has 0 aliphatic rings. The van der Waals surface area contributed by atoms with E-state index in [1.807, 2.05) is 17.8 Å². The fourth-order valence-corrected chi connectivity index (χ4v) is 1.92. The summed E-state index contributed by atoms with van der Waals surface area (Å²) in [7, 11) is 1.94. The van der Waals surface area contributed by atoms with Gasteiger partial charge in [0.2, 0.25) is 0 Å². The van der Waals surface area contributed by atoms with Crippen molar-refractivity contribution in [1.82, 2.24) is 14.9 Å². The van der Waals surface area contributed by atoms with Crippen LogP contribution in [0.2, 0.25) is 0 Å². The van der Waals surface area contributed by atoms with Crippen molar-refractivity contribution in [2.24, 2.45) is 7.05 Å². The average molecular weight is 281 g/mol. The Morgan fingerprint density at radius 3 is 2.85 bits per heavy atom. The number of nitrogens with one attached hydrogen (secondary N) is 1. The van der Waals surface area contributed by atoms with Crippen LogP contribution in [0.1, 0.15) is 11.4 Å². The lowest BCUT2D eigenvalue weighted by Gasteiger charge is -2.11. The first kappa shape index (κ1) is 14.5. The Bertz CT molecular complexity index is 543. The van der Waals surface area contributed by atoms with E-state index in [0.717, 1.165) is 12.2 Å². The van der Waals surface area contributed by atoms with Gasteiger partial charge >= 0.3 is 6.61 Å². The number of alkyl halides is 2. The second kappa shape index (κ2) is 7.00. The highest BCUT2D eigenvalue weighted by molar-refractivity contribution is 5.33. The number of nitrogens with zero attached hydrogens (tertiary/aromatic N) is 2. The molecule has 0 saturated carbocycles. The molecule has 0 saturated heterocycles. The summed E-state index contributed by atoms with van der Waals surface area (Å²) in [6.07, 6.45) is 4.42. The molecule has 0 atom stereocenters. The quantitative estimate of drug-likeness (QED) is 0.792. The van der Waals surface area contributed by atoms with Crippen molar-refractivity contribution in [2.75, 3.05) is 6.54 Å². The number of para-hydroxylation sites is 1. The number of ether oxygens (including phenoxy) is 1. The predicted molar refractivity (Wildman–Crippen MR) is 71.7 cm³/mol. The number of rotatable bonds is 7. The normalized spacial score (nSPS) is 11.0. The van der Waals surface area contributed by atoms with Gasteiger partial charge in [-0.05, 0) is 6.07 Å². The van der Waals surface area contributed by atoms with E-state index in [1.54, 1.807) is 30.5 Å². The van der Waals surface area contributed by atoms with Crippen LogP contribution in [0.25, 0.3) is 0 Å². The van der Waals surface area contributed by atoms with Crippen molar-refractivity contribution in [3.8, 4) is 5.75 Å². The zero-order chi connectivity index (χ0) is 14.4. The van der Waals surface area contributed by atoms with E-state index in [1.165, 1.54) is 0 Å². The van der Waals surface area contributed by atoms with Crippen LogP contribution in [-0.4, -0.2) is 22.7 Å². The Balaban J connectivity index is 1.83. The van der Waals surface area contributed by atoms with Gasteiger partial charge in [-0.2, -0.15) is 8.78 Å². The van der Waals surface area contributed by atoms with Crippen molar-refractivity contribution in [3.05, 3.63) is 48.0 Å². The van der Waals surface area contributed by atoms with Crippen LogP contribution in [0.15, 0.2) is 36.7 Å². The summed E-state index contributed by atoms with van der Waals surface area (Å²) in [6, 6.07) is 6.79. The van der Waals surface area contributed by atoms with Gasteiger partial charge < -0.3 is 14.6 Å². The predicted octanol–water partition coefficient (Wildman–Crippen LogP) is 2.35. The molecule has 1 aromatic heterocycles. The number of imidazole rings is 1. The molecule has 0 unspecified atom stereocenters. The highest BCUT2D eigenvalue weighted by atomic mass is 19.3. The first-order chi connectivity index (χ1) is 9.66. The zero-order valence-electron chi connectivity index (χ0n) is 11.2. The van der Waals surface area contributed by atoms with Gasteiger partial charge in [-0.3, -0.25) is 0 Å². The molecule has 4 nitrogen and oxygen atoms in total. The highest BCUT2D eigenvalue weighted by Crippen LogP contribution is 2.19. The summed E-state index contributed by atoms with van der Waals surface area (Å²) in [4.78, 5) is 4.22. The lowest BCUT2D eigenvalue weighted by atomic mass is 10.2. The minimum atomic E-state index is -2.80. The monoisotopic (exact) mass is 281 g/mol. The van der Waals surface area contributed by atoms with Crippen LogP contribution in [0.3, 0.4) is 0 Å². The third kappa shape index (κ3) is 4.03. The van der Waals surface area contributed by atoms with Crippen molar-refractivity contribution in [3.63, 3.8) is 0 Å². The molecular weight excluding hydrogens is 264 g/mol. The molecule has 6 heteroatoms. The summed E-state index contributed by atoms with van der Waals surface area (Å²) < 4.78 is 31.0. The van der Waals surface area contributed by atoms with E-state index in [-0.39, 0.29) is 5.75 Å². The Morgan fingerprint density at radius 1 is 1.35 bits per heavy atom. The Morgan fingerprint density at radius 2 is 2.15 bits per heavy atom. The summed E-state index contributed by atoms with van der Waals surface area (Å²) in [5.74, 6) is 1.20. The van der Waals surface area contributed by atoms with Crippen molar-refractivity contribution in [2.45, 2.75) is 19.6 Å². The lowest BCUT2D eigenvalue weighted by Crippen LogP contribution is -2.19. The zero-order valence-corrected chi connectivity index (χ0v) is 11.2. The van der Waals surface area contributed by atoms with Gasteiger partial charge in [-0.1, -0.05) is 18.2 Å². The molecule has 0 aliphatic heterocycles. The maximum absolute atomic E-state index is 12.3. The van der Waals surface area contributed by atoms with E-state index in [9.17, 15) is 8.78 Å². The number of aryl methyl sites for hydroxylation is 1. The molecule has 2 rings (SSSR count). The number of halogens is 2. The van der Waals surface area contributed by atoms with Gasteiger partial charge in [0, 0.05) is 44.5 Å². The van der Waals surface area contributed by atoms with Gasteiger partial charge in [-0.15, -0.1) is 0 Å². The molecular formula is C14H17F2N3O. The maximum Gasteiger partial charge on any atom is 0.387 e. The fraction of sp³-hybridized carbons (Fsp3) is 0.357. The Labute approximate surface area is 116 Å². The molecule has 0 bridgehead atoms. The lowest BCUT2D eigenvalue weighted by molar-refractivity contribution is -0.0504. The summed E-state index contributed by atoms with van der Waals surface area (Å²) in [5.41, 5.74) is 0.715. The number of hydrogen-bond acceptors (Lipinski definition) is 3. The third-order valence-corrected chi connectivity index (χ3v) is 2.95. The largest absolute Gasteiger partial charge is 0.434 e. The van der Waals surface area contributed by atoms with Crippen LogP contribution in [0, 0.1) is 0 Å². The van der Waals surface area contributed by atoms with E-state index >= 15 is 0 Å². The van der Waals surface area contributed by atoms with Crippen molar-refractivity contribution >= 4 is 0 Å².